The summed E-state index contributed by atoms with van der Waals surface area (Å²) in [6, 6.07) is 20.9. The molecular weight excluding hydrogens is 412 g/mol. The van der Waals surface area contributed by atoms with Crippen molar-refractivity contribution in [2.24, 2.45) is 0 Å². The minimum atomic E-state index is -0.486. The van der Waals surface area contributed by atoms with E-state index in [-0.39, 0.29) is 12.1 Å². The number of aromatic nitrogens is 1. The van der Waals surface area contributed by atoms with Gasteiger partial charge in [0.05, 0.1) is 6.04 Å². The van der Waals surface area contributed by atoms with Crippen molar-refractivity contribution in [3.05, 3.63) is 84.2 Å². The zero-order chi connectivity index (χ0) is 23.3. The van der Waals surface area contributed by atoms with Crippen LogP contribution in [0.4, 0.5) is 4.79 Å². The first-order chi connectivity index (χ1) is 15.9. The van der Waals surface area contributed by atoms with Gasteiger partial charge in [-0.25, -0.2) is 4.79 Å². The number of hydrogen-bond acceptors (Lipinski definition) is 4. The molecule has 1 aromatic heterocycles. The lowest BCUT2D eigenvalue weighted by molar-refractivity contribution is 0.0187. The fraction of sp³-hybridized carbons (Fsp3) is 0.357. The fourth-order valence-corrected chi connectivity index (χ4v) is 4.05. The number of ether oxygens (including phenoxy) is 2. The number of likely N-dealkylation sites (tertiary alicyclic amines) is 1. The van der Waals surface area contributed by atoms with Crippen LogP contribution in [0.5, 0.6) is 5.75 Å². The van der Waals surface area contributed by atoms with E-state index in [4.69, 9.17) is 9.47 Å². The number of pyridine rings is 1. The second-order valence-corrected chi connectivity index (χ2v) is 9.54. The van der Waals surface area contributed by atoms with E-state index in [2.05, 4.69) is 47.4 Å². The predicted molar refractivity (Wildman–Crippen MR) is 130 cm³/mol. The highest BCUT2D eigenvalue weighted by atomic mass is 16.6. The lowest BCUT2D eigenvalue weighted by Crippen LogP contribution is -2.42. The third-order valence-electron chi connectivity index (χ3n) is 5.73. The van der Waals surface area contributed by atoms with E-state index in [0.29, 0.717) is 6.61 Å². The predicted octanol–water partition coefficient (Wildman–Crippen LogP) is 6.12. The molecule has 2 aromatic carbocycles. The first-order valence-corrected chi connectivity index (χ1v) is 11.6. The average molecular weight is 445 g/mol. The Morgan fingerprint density at radius 1 is 1.00 bits per heavy atom. The van der Waals surface area contributed by atoms with Gasteiger partial charge >= 0.3 is 6.09 Å². The van der Waals surface area contributed by atoms with Crippen molar-refractivity contribution < 1.29 is 14.3 Å². The first kappa shape index (κ1) is 22.8. The summed E-state index contributed by atoms with van der Waals surface area (Å²) in [5, 5.41) is 0. The van der Waals surface area contributed by atoms with Crippen LogP contribution < -0.4 is 4.74 Å². The number of amides is 1. The Hall–Kier alpha value is -3.34. The summed E-state index contributed by atoms with van der Waals surface area (Å²) in [7, 11) is 0. The highest BCUT2D eigenvalue weighted by molar-refractivity contribution is 5.69. The van der Waals surface area contributed by atoms with Gasteiger partial charge < -0.3 is 14.4 Å². The molecule has 1 saturated heterocycles. The molecule has 5 heteroatoms. The monoisotopic (exact) mass is 444 g/mol. The van der Waals surface area contributed by atoms with Crippen molar-refractivity contribution in [3.8, 4) is 16.9 Å². The zero-order valence-corrected chi connectivity index (χ0v) is 19.7. The Bertz CT molecular complexity index is 1040. The Balaban J connectivity index is 1.30. The molecule has 33 heavy (non-hydrogen) atoms. The highest BCUT2D eigenvalue weighted by Crippen LogP contribution is 2.23. The van der Waals surface area contributed by atoms with Gasteiger partial charge in [-0.15, -0.1) is 0 Å². The lowest BCUT2D eigenvalue weighted by atomic mass is 10.0. The molecule has 1 aliphatic heterocycles. The van der Waals surface area contributed by atoms with Crippen LogP contribution in [0, 0.1) is 0 Å². The Morgan fingerprint density at radius 2 is 1.70 bits per heavy atom. The molecule has 2 heterocycles. The van der Waals surface area contributed by atoms with E-state index >= 15 is 0 Å². The number of hydrogen-bond donors (Lipinski definition) is 0. The number of rotatable bonds is 6. The molecule has 5 nitrogen and oxygen atoms in total. The summed E-state index contributed by atoms with van der Waals surface area (Å²) in [5.41, 5.74) is 4.30. The van der Waals surface area contributed by atoms with Gasteiger partial charge in [0.15, 0.2) is 0 Å². The number of benzene rings is 2. The van der Waals surface area contributed by atoms with Crippen LogP contribution in [0.1, 0.15) is 44.7 Å². The molecule has 4 rings (SSSR count). The molecule has 0 spiro atoms. The Kier molecular flexibility index (Phi) is 6.97. The van der Waals surface area contributed by atoms with E-state index in [1.807, 2.05) is 45.2 Å². The second kappa shape index (κ2) is 10.1. The van der Waals surface area contributed by atoms with Crippen LogP contribution in [0.15, 0.2) is 73.1 Å². The van der Waals surface area contributed by atoms with E-state index in [1.165, 1.54) is 16.7 Å². The van der Waals surface area contributed by atoms with Crippen molar-refractivity contribution in [1.82, 2.24) is 9.88 Å². The largest absolute Gasteiger partial charge is 0.491 e. The van der Waals surface area contributed by atoms with Gasteiger partial charge in [0.1, 0.15) is 18.0 Å². The third kappa shape index (κ3) is 6.35. The van der Waals surface area contributed by atoms with Crippen molar-refractivity contribution in [3.63, 3.8) is 0 Å². The van der Waals surface area contributed by atoms with Crippen molar-refractivity contribution >= 4 is 6.09 Å². The molecule has 0 N–H and O–H groups in total. The standard InChI is InChI=1S/C28H32N2O3/c1-28(2,3)33-27(31)30-17-5-7-25(30)20-32-26-14-10-22(11-15-26)18-21-8-12-23(13-9-21)24-6-4-16-29-19-24/h4,6,8-16,19,25H,5,7,17-18,20H2,1-3H3. The molecule has 0 saturated carbocycles. The first-order valence-electron chi connectivity index (χ1n) is 11.6. The van der Waals surface area contributed by atoms with Crippen molar-refractivity contribution in [2.45, 2.75) is 51.7 Å². The van der Waals surface area contributed by atoms with Crippen molar-refractivity contribution in [1.29, 1.82) is 0 Å². The Morgan fingerprint density at radius 3 is 2.33 bits per heavy atom. The maximum atomic E-state index is 12.4. The molecule has 1 aliphatic rings. The molecule has 172 valence electrons. The Labute approximate surface area is 196 Å². The summed E-state index contributed by atoms with van der Waals surface area (Å²) in [5.74, 6) is 0.821. The van der Waals surface area contributed by atoms with Crippen LogP contribution in [0.3, 0.4) is 0 Å². The average Bonchev–Trinajstić information content (AvgIpc) is 3.28. The topological polar surface area (TPSA) is 51.7 Å². The van der Waals surface area contributed by atoms with Crippen LogP contribution >= 0.6 is 0 Å². The maximum absolute atomic E-state index is 12.4. The van der Waals surface area contributed by atoms with Gasteiger partial charge in [-0.3, -0.25) is 4.98 Å². The maximum Gasteiger partial charge on any atom is 0.410 e. The summed E-state index contributed by atoms with van der Waals surface area (Å²) < 4.78 is 11.6. The summed E-state index contributed by atoms with van der Waals surface area (Å²) in [4.78, 5) is 18.4. The van der Waals surface area contributed by atoms with Crippen LogP contribution in [0.25, 0.3) is 11.1 Å². The number of carbonyl (C=O) groups excluding carboxylic acids is 1. The van der Waals surface area contributed by atoms with Gasteiger partial charge in [0.25, 0.3) is 0 Å². The molecule has 1 fully saturated rings. The molecule has 0 radical (unpaired) electrons. The second-order valence-electron chi connectivity index (χ2n) is 9.54. The summed E-state index contributed by atoms with van der Waals surface area (Å²) >= 11 is 0. The van der Waals surface area contributed by atoms with Gasteiger partial charge in [0, 0.05) is 18.9 Å². The van der Waals surface area contributed by atoms with Gasteiger partial charge in [-0.05, 0) is 80.5 Å². The van der Waals surface area contributed by atoms with E-state index in [1.54, 1.807) is 11.1 Å². The van der Waals surface area contributed by atoms with E-state index in [9.17, 15) is 4.79 Å². The van der Waals surface area contributed by atoms with E-state index in [0.717, 1.165) is 37.1 Å². The molecule has 1 unspecified atom stereocenters. The van der Waals surface area contributed by atoms with Crippen molar-refractivity contribution in [2.75, 3.05) is 13.2 Å². The normalized spacial score (nSPS) is 16.0. The van der Waals surface area contributed by atoms with Gasteiger partial charge in [0.2, 0.25) is 0 Å². The zero-order valence-electron chi connectivity index (χ0n) is 19.7. The van der Waals surface area contributed by atoms with E-state index < -0.39 is 5.60 Å². The number of carbonyl (C=O) groups is 1. The van der Waals surface area contributed by atoms with Gasteiger partial charge in [-0.1, -0.05) is 42.5 Å². The molecule has 0 aliphatic carbocycles. The minimum absolute atomic E-state index is 0.0536. The SMILES string of the molecule is CC(C)(C)OC(=O)N1CCCC1COc1ccc(Cc2ccc(-c3cccnc3)cc2)cc1. The quantitative estimate of drug-likeness (QED) is 0.460. The molecule has 1 atom stereocenters. The molecule has 3 aromatic rings. The summed E-state index contributed by atoms with van der Waals surface area (Å²) in [6.07, 6.45) is 6.20. The highest BCUT2D eigenvalue weighted by Gasteiger charge is 2.32. The third-order valence-corrected chi connectivity index (χ3v) is 5.73. The summed E-state index contributed by atoms with van der Waals surface area (Å²) in [6.45, 7) is 6.88. The van der Waals surface area contributed by atoms with Crippen LogP contribution in [-0.4, -0.2) is 40.8 Å². The minimum Gasteiger partial charge on any atom is -0.491 e. The molecular formula is C28H32N2O3. The fourth-order valence-electron chi connectivity index (χ4n) is 4.05. The molecule has 1 amide bonds. The lowest BCUT2D eigenvalue weighted by Gasteiger charge is -2.28. The van der Waals surface area contributed by atoms with Gasteiger partial charge in [-0.2, -0.15) is 0 Å². The van der Waals surface area contributed by atoms with Crippen LogP contribution in [-0.2, 0) is 11.2 Å². The molecule has 0 bridgehead atoms. The smallest absolute Gasteiger partial charge is 0.410 e. The number of nitrogens with zero attached hydrogens (tertiary/aromatic N) is 2. The van der Waals surface area contributed by atoms with Crippen LogP contribution in [0.2, 0.25) is 0 Å².